The van der Waals surface area contributed by atoms with Crippen molar-refractivity contribution in [3.05, 3.63) is 29.5 Å². The molecule has 1 unspecified atom stereocenters. The number of rotatable bonds is 5. The van der Waals surface area contributed by atoms with Crippen molar-refractivity contribution >= 4 is 11.3 Å². The van der Waals surface area contributed by atoms with Gasteiger partial charge in [0.25, 0.3) is 0 Å². The minimum Gasteiger partial charge on any atom is -0.444 e. The van der Waals surface area contributed by atoms with Crippen molar-refractivity contribution in [3.8, 4) is 10.8 Å². The van der Waals surface area contributed by atoms with Gasteiger partial charge in [0, 0.05) is 13.1 Å². The predicted octanol–water partition coefficient (Wildman–Crippen LogP) is 2.83. The lowest BCUT2D eigenvalue weighted by atomic mass is 9.99. The molecule has 0 radical (unpaired) electrons. The highest BCUT2D eigenvalue weighted by atomic mass is 32.1. The Labute approximate surface area is 123 Å². The van der Waals surface area contributed by atoms with E-state index in [1.54, 1.807) is 17.6 Å². The second-order valence-corrected chi connectivity index (χ2v) is 6.48. The van der Waals surface area contributed by atoms with Crippen molar-refractivity contribution in [1.82, 2.24) is 15.2 Å². The van der Waals surface area contributed by atoms with Gasteiger partial charge in [-0.25, -0.2) is 4.98 Å². The Balaban J connectivity index is 1.54. The maximum Gasteiger partial charge on any atom is 0.236 e. The normalized spacial score (nSPS) is 19.6. The number of oxazole rings is 1. The molecule has 2 aromatic rings. The summed E-state index contributed by atoms with van der Waals surface area (Å²) in [6, 6.07) is 4.06. The number of aromatic nitrogens is 1. The van der Waals surface area contributed by atoms with Crippen molar-refractivity contribution in [1.29, 1.82) is 0 Å². The monoisotopic (exact) mass is 291 g/mol. The summed E-state index contributed by atoms with van der Waals surface area (Å²) < 4.78 is 5.56. The molecule has 2 aromatic heterocycles. The molecule has 1 atom stereocenters. The Morgan fingerprint density at radius 3 is 3.25 bits per heavy atom. The van der Waals surface area contributed by atoms with Gasteiger partial charge in [-0.3, -0.25) is 0 Å². The van der Waals surface area contributed by atoms with Crippen LogP contribution < -0.4 is 5.32 Å². The fourth-order valence-corrected chi connectivity index (χ4v) is 3.41. The maximum atomic E-state index is 5.56. The van der Waals surface area contributed by atoms with Gasteiger partial charge in [-0.15, -0.1) is 11.3 Å². The standard InChI is InChI=1S/C15H21N3OS/c1-18(9-12-4-2-6-16-8-12)10-13-11-19-15(17-13)14-5-3-7-20-14/h3,5,7,11-12,16H,2,4,6,8-10H2,1H3. The van der Waals surface area contributed by atoms with Gasteiger partial charge in [-0.1, -0.05) is 6.07 Å². The highest BCUT2D eigenvalue weighted by molar-refractivity contribution is 7.13. The molecule has 4 nitrogen and oxygen atoms in total. The molecule has 1 saturated heterocycles. The Hall–Kier alpha value is -1.17. The molecule has 0 amide bonds. The maximum absolute atomic E-state index is 5.56. The number of nitrogens with zero attached hydrogens (tertiary/aromatic N) is 2. The molecule has 20 heavy (non-hydrogen) atoms. The van der Waals surface area contributed by atoms with Crippen LogP contribution in [0.1, 0.15) is 18.5 Å². The molecular formula is C15H21N3OS. The summed E-state index contributed by atoms with van der Waals surface area (Å²) in [6.45, 7) is 4.29. The minimum atomic E-state index is 0.739. The van der Waals surface area contributed by atoms with E-state index in [1.807, 2.05) is 17.5 Å². The fraction of sp³-hybridized carbons (Fsp3) is 0.533. The van der Waals surface area contributed by atoms with Crippen LogP contribution in [0.2, 0.25) is 0 Å². The summed E-state index contributed by atoms with van der Waals surface area (Å²) in [5, 5.41) is 5.51. The van der Waals surface area contributed by atoms with Gasteiger partial charge < -0.3 is 14.6 Å². The molecule has 1 N–H and O–H groups in total. The Bertz CT molecular complexity index is 517. The summed E-state index contributed by atoms with van der Waals surface area (Å²) in [7, 11) is 2.16. The topological polar surface area (TPSA) is 41.3 Å². The Morgan fingerprint density at radius 2 is 2.50 bits per heavy atom. The van der Waals surface area contributed by atoms with Gasteiger partial charge in [0.1, 0.15) is 6.26 Å². The van der Waals surface area contributed by atoms with Crippen molar-refractivity contribution in [3.63, 3.8) is 0 Å². The molecule has 0 saturated carbocycles. The Kier molecular flexibility index (Phi) is 4.50. The highest BCUT2D eigenvalue weighted by Gasteiger charge is 2.16. The molecule has 3 rings (SSSR count). The number of thiophene rings is 1. The third-order valence-corrected chi connectivity index (χ3v) is 4.54. The van der Waals surface area contributed by atoms with Gasteiger partial charge in [0.05, 0.1) is 10.6 Å². The highest BCUT2D eigenvalue weighted by Crippen LogP contribution is 2.24. The zero-order valence-electron chi connectivity index (χ0n) is 11.8. The summed E-state index contributed by atoms with van der Waals surface area (Å²) in [5.41, 5.74) is 1.01. The van der Waals surface area contributed by atoms with Crippen LogP contribution in [0.3, 0.4) is 0 Å². The second-order valence-electron chi connectivity index (χ2n) is 5.53. The lowest BCUT2D eigenvalue weighted by molar-refractivity contribution is 0.235. The number of hydrogen-bond acceptors (Lipinski definition) is 5. The SMILES string of the molecule is CN(Cc1coc(-c2cccs2)n1)CC1CCCNC1. The van der Waals surface area contributed by atoms with E-state index in [2.05, 4.69) is 22.2 Å². The molecular weight excluding hydrogens is 270 g/mol. The summed E-state index contributed by atoms with van der Waals surface area (Å²) in [6.07, 6.45) is 4.41. The molecule has 1 aliphatic heterocycles. The van der Waals surface area contributed by atoms with Gasteiger partial charge in [0.2, 0.25) is 5.89 Å². The van der Waals surface area contributed by atoms with Crippen molar-refractivity contribution in [2.45, 2.75) is 19.4 Å². The van der Waals surface area contributed by atoms with Gasteiger partial charge >= 0.3 is 0 Å². The van der Waals surface area contributed by atoms with Gasteiger partial charge in [0.15, 0.2) is 0 Å². The average molecular weight is 291 g/mol. The van der Waals surface area contributed by atoms with Crippen LogP contribution in [0.25, 0.3) is 10.8 Å². The van der Waals surface area contributed by atoms with E-state index >= 15 is 0 Å². The lowest BCUT2D eigenvalue weighted by Gasteiger charge is -2.27. The fourth-order valence-electron chi connectivity index (χ4n) is 2.75. The van der Waals surface area contributed by atoms with Crippen molar-refractivity contribution in [2.24, 2.45) is 5.92 Å². The van der Waals surface area contributed by atoms with Crippen LogP contribution >= 0.6 is 11.3 Å². The average Bonchev–Trinajstić information content (AvgIpc) is 3.10. The van der Waals surface area contributed by atoms with Crippen LogP contribution in [-0.4, -0.2) is 36.6 Å². The molecule has 0 spiro atoms. The summed E-state index contributed by atoms with van der Waals surface area (Å²) in [4.78, 5) is 8.01. The van der Waals surface area contributed by atoms with Crippen LogP contribution in [0.15, 0.2) is 28.2 Å². The molecule has 1 aliphatic rings. The van der Waals surface area contributed by atoms with Gasteiger partial charge in [-0.05, 0) is 50.3 Å². The number of nitrogens with one attached hydrogen (secondary N) is 1. The predicted molar refractivity (Wildman–Crippen MR) is 81.7 cm³/mol. The smallest absolute Gasteiger partial charge is 0.236 e. The molecule has 0 bridgehead atoms. The first kappa shape index (κ1) is 13.8. The van der Waals surface area contributed by atoms with E-state index in [4.69, 9.17) is 4.42 Å². The number of hydrogen-bond donors (Lipinski definition) is 1. The molecule has 3 heterocycles. The molecule has 0 aromatic carbocycles. The van der Waals surface area contributed by atoms with E-state index in [0.29, 0.717) is 0 Å². The van der Waals surface area contributed by atoms with Crippen molar-refractivity contribution in [2.75, 3.05) is 26.7 Å². The summed E-state index contributed by atoms with van der Waals surface area (Å²) >= 11 is 1.66. The van der Waals surface area contributed by atoms with Crippen molar-refractivity contribution < 1.29 is 4.42 Å². The van der Waals surface area contributed by atoms with E-state index in [9.17, 15) is 0 Å². The first-order valence-corrected chi connectivity index (χ1v) is 8.07. The quantitative estimate of drug-likeness (QED) is 0.920. The van der Waals surface area contributed by atoms with Crippen LogP contribution in [0.4, 0.5) is 0 Å². The van der Waals surface area contributed by atoms with Crippen LogP contribution in [-0.2, 0) is 6.54 Å². The molecule has 108 valence electrons. The lowest BCUT2D eigenvalue weighted by Crippen LogP contribution is -2.36. The molecule has 1 fully saturated rings. The zero-order valence-corrected chi connectivity index (χ0v) is 12.7. The third-order valence-electron chi connectivity index (χ3n) is 3.68. The summed E-state index contributed by atoms with van der Waals surface area (Å²) in [5.74, 6) is 1.50. The van der Waals surface area contributed by atoms with E-state index in [0.717, 1.165) is 42.0 Å². The second kappa shape index (κ2) is 6.52. The van der Waals surface area contributed by atoms with Crippen LogP contribution in [0.5, 0.6) is 0 Å². The minimum absolute atomic E-state index is 0.739. The number of piperidine rings is 1. The van der Waals surface area contributed by atoms with E-state index in [1.165, 1.54) is 19.4 Å². The first-order valence-electron chi connectivity index (χ1n) is 7.19. The zero-order chi connectivity index (χ0) is 13.8. The third kappa shape index (κ3) is 3.48. The van der Waals surface area contributed by atoms with Gasteiger partial charge in [-0.2, -0.15) is 0 Å². The van der Waals surface area contributed by atoms with E-state index < -0.39 is 0 Å². The van der Waals surface area contributed by atoms with E-state index in [-0.39, 0.29) is 0 Å². The first-order chi connectivity index (χ1) is 9.81. The largest absolute Gasteiger partial charge is 0.444 e. The van der Waals surface area contributed by atoms with Crippen LogP contribution in [0, 0.1) is 5.92 Å². The Morgan fingerprint density at radius 1 is 1.55 bits per heavy atom. The molecule has 0 aliphatic carbocycles. The molecule has 5 heteroatoms.